The van der Waals surface area contributed by atoms with Crippen LogP contribution in [0.5, 0.6) is 0 Å². The van der Waals surface area contributed by atoms with Crippen LogP contribution in [-0.2, 0) is 14.2 Å². The molecular formula is C16H26O4. The molecule has 0 amide bonds. The molecule has 4 nitrogen and oxygen atoms in total. The molecule has 3 aliphatic rings. The van der Waals surface area contributed by atoms with Gasteiger partial charge in [0.05, 0.1) is 36.4 Å². The molecule has 0 aromatic heterocycles. The monoisotopic (exact) mass is 282 g/mol. The van der Waals surface area contributed by atoms with Gasteiger partial charge in [-0.2, -0.15) is 0 Å². The number of epoxide rings is 2. The van der Waals surface area contributed by atoms with E-state index in [1.54, 1.807) is 7.11 Å². The first kappa shape index (κ1) is 14.5. The molecule has 3 rings (SSSR count). The van der Waals surface area contributed by atoms with Gasteiger partial charge < -0.3 is 19.3 Å². The first-order valence-electron chi connectivity index (χ1n) is 7.59. The molecule has 2 saturated heterocycles. The third-order valence-corrected chi connectivity index (χ3v) is 5.26. The molecule has 0 aromatic carbocycles. The van der Waals surface area contributed by atoms with E-state index in [0.717, 1.165) is 25.9 Å². The van der Waals surface area contributed by atoms with E-state index >= 15 is 0 Å². The lowest BCUT2D eigenvalue weighted by atomic mass is 9.68. The number of rotatable bonds is 4. The lowest BCUT2D eigenvalue weighted by Crippen LogP contribution is -2.54. The fraction of sp³-hybridized carbons (Fsp3) is 0.875. The number of hydrogen-bond donors (Lipinski definition) is 1. The Kier molecular flexibility index (Phi) is 3.49. The summed E-state index contributed by atoms with van der Waals surface area (Å²) in [5.41, 5.74) is 0.964. The smallest absolute Gasteiger partial charge is 0.101 e. The van der Waals surface area contributed by atoms with Crippen molar-refractivity contribution in [3.05, 3.63) is 11.6 Å². The largest absolute Gasteiger partial charge is 0.390 e. The highest BCUT2D eigenvalue weighted by Crippen LogP contribution is 2.59. The molecule has 2 aliphatic heterocycles. The van der Waals surface area contributed by atoms with E-state index in [-0.39, 0.29) is 29.3 Å². The zero-order valence-electron chi connectivity index (χ0n) is 12.9. The summed E-state index contributed by atoms with van der Waals surface area (Å²) >= 11 is 0. The Bertz CT molecular complexity index is 411. The molecule has 0 radical (unpaired) electrons. The summed E-state index contributed by atoms with van der Waals surface area (Å²) in [4.78, 5) is 0. The van der Waals surface area contributed by atoms with Crippen molar-refractivity contribution in [1.29, 1.82) is 0 Å². The van der Waals surface area contributed by atoms with Crippen molar-refractivity contribution in [1.82, 2.24) is 0 Å². The summed E-state index contributed by atoms with van der Waals surface area (Å²) in [5.74, 6) is 0.124. The highest BCUT2D eigenvalue weighted by Gasteiger charge is 2.71. The van der Waals surface area contributed by atoms with Crippen LogP contribution in [0.4, 0.5) is 0 Å². The van der Waals surface area contributed by atoms with Gasteiger partial charge in [0, 0.05) is 7.11 Å². The van der Waals surface area contributed by atoms with Crippen LogP contribution in [0, 0.1) is 5.92 Å². The summed E-state index contributed by atoms with van der Waals surface area (Å²) in [6.45, 7) is 7.13. The number of hydrogen-bond acceptors (Lipinski definition) is 4. The Morgan fingerprint density at radius 1 is 1.45 bits per heavy atom. The normalized spacial score (nSPS) is 50.0. The lowest BCUT2D eigenvalue weighted by molar-refractivity contribution is -0.116. The molecule has 20 heavy (non-hydrogen) atoms. The van der Waals surface area contributed by atoms with Crippen molar-refractivity contribution in [3.8, 4) is 0 Å². The Hall–Kier alpha value is -0.420. The summed E-state index contributed by atoms with van der Waals surface area (Å²) in [6, 6.07) is 0. The molecule has 1 aliphatic carbocycles. The van der Waals surface area contributed by atoms with Gasteiger partial charge in [-0.3, -0.25) is 0 Å². The number of methoxy groups -OCH3 is 1. The molecule has 114 valence electrons. The Labute approximate surface area is 121 Å². The van der Waals surface area contributed by atoms with E-state index < -0.39 is 6.10 Å². The van der Waals surface area contributed by atoms with Gasteiger partial charge in [-0.1, -0.05) is 11.6 Å². The van der Waals surface area contributed by atoms with Gasteiger partial charge in [0.1, 0.15) is 5.60 Å². The highest BCUT2D eigenvalue weighted by atomic mass is 16.6. The summed E-state index contributed by atoms with van der Waals surface area (Å²) in [5, 5.41) is 10.2. The van der Waals surface area contributed by atoms with E-state index in [4.69, 9.17) is 14.2 Å². The second-order valence-corrected chi connectivity index (χ2v) is 6.94. The van der Waals surface area contributed by atoms with Crippen molar-refractivity contribution in [2.75, 3.05) is 13.7 Å². The minimum absolute atomic E-state index is 0.117. The maximum atomic E-state index is 10.2. The molecule has 1 saturated carbocycles. The zero-order valence-corrected chi connectivity index (χ0v) is 12.9. The van der Waals surface area contributed by atoms with Crippen LogP contribution in [0.15, 0.2) is 11.6 Å². The molecule has 4 heteroatoms. The highest BCUT2D eigenvalue weighted by molar-refractivity contribution is 5.20. The van der Waals surface area contributed by atoms with E-state index in [1.807, 2.05) is 0 Å². The van der Waals surface area contributed by atoms with Crippen LogP contribution in [0.25, 0.3) is 0 Å². The third-order valence-electron chi connectivity index (χ3n) is 5.26. The lowest BCUT2D eigenvalue weighted by Gasteiger charge is -2.41. The first-order valence-corrected chi connectivity index (χ1v) is 7.59. The van der Waals surface area contributed by atoms with Crippen molar-refractivity contribution < 1.29 is 19.3 Å². The van der Waals surface area contributed by atoms with Crippen LogP contribution in [0.1, 0.15) is 40.0 Å². The van der Waals surface area contributed by atoms with Crippen LogP contribution in [0.3, 0.4) is 0 Å². The van der Waals surface area contributed by atoms with Crippen molar-refractivity contribution in [2.45, 2.75) is 69.5 Å². The fourth-order valence-electron chi connectivity index (χ4n) is 3.96. The zero-order chi connectivity index (χ0) is 14.5. The standard InChI is InChI=1S/C16H26O4/c1-10(2)5-6-12-15(3,20-12)14-13(18-4)11(17)7-8-16(14)9-19-16/h5,11-14,17H,6-9H2,1-4H3/t11-,12?,13-,14?,15?,16+/m1/s1. The average Bonchev–Trinajstić information content (AvgIpc) is 3.29. The van der Waals surface area contributed by atoms with Gasteiger partial charge in [-0.05, 0) is 40.0 Å². The number of aliphatic hydroxyl groups is 1. The maximum Gasteiger partial charge on any atom is 0.101 e. The van der Waals surface area contributed by atoms with Gasteiger partial charge in [0.25, 0.3) is 0 Å². The molecule has 1 spiro atoms. The molecule has 6 atom stereocenters. The quantitative estimate of drug-likeness (QED) is 0.633. The van der Waals surface area contributed by atoms with Crippen molar-refractivity contribution in [2.24, 2.45) is 5.92 Å². The van der Waals surface area contributed by atoms with Crippen LogP contribution in [0.2, 0.25) is 0 Å². The number of aliphatic hydroxyl groups excluding tert-OH is 1. The minimum atomic E-state index is -0.412. The van der Waals surface area contributed by atoms with E-state index in [9.17, 15) is 5.11 Å². The second kappa shape index (κ2) is 4.80. The van der Waals surface area contributed by atoms with Crippen LogP contribution in [-0.4, -0.2) is 48.3 Å². The molecular weight excluding hydrogens is 256 g/mol. The predicted molar refractivity (Wildman–Crippen MR) is 75.5 cm³/mol. The Morgan fingerprint density at radius 2 is 2.15 bits per heavy atom. The first-order chi connectivity index (χ1) is 9.43. The van der Waals surface area contributed by atoms with Gasteiger partial charge in [0.15, 0.2) is 0 Å². The van der Waals surface area contributed by atoms with Gasteiger partial charge in [-0.25, -0.2) is 0 Å². The Morgan fingerprint density at radius 3 is 2.70 bits per heavy atom. The van der Waals surface area contributed by atoms with E-state index in [2.05, 4.69) is 26.8 Å². The Balaban J connectivity index is 1.78. The summed E-state index contributed by atoms with van der Waals surface area (Å²) in [6.07, 6.45) is 4.43. The number of ether oxygens (including phenoxy) is 3. The fourth-order valence-corrected chi connectivity index (χ4v) is 3.96. The topological polar surface area (TPSA) is 54.5 Å². The van der Waals surface area contributed by atoms with Gasteiger partial charge in [-0.15, -0.1) is 0 Å². The van der Waals surface area contributed by atoms with E-state index in [1.165, 1.54) is 5.57 Å². The molecule has 0 aromatic rings. The minimum Gasteiger partial charge on any atom is -0.390 e. The predicted octanol–water partition coefficient (Wildman–Crippen LogP) is 2.06. The summed E-state index contributed by atoms with van der Waals surface area (Å²) < 4.78 is 17.4. The van der Waals surface area contributed by atoms with Crippen molar-refractivity contribution in [3.63, 3.8) is 0 Å². The third kappa shape index (κ3) is 2.23. The van der Waals surface area contributed by atoms with Gasteiger partial charge >= 0.3 is 0 Å². The van der Waals surface area contributed by atoms with Crippen LogP contribution >= 0.6 is 0 Å². The molecule has 0 bridgehead atoms. The van der Waals surface area contributed by atoms with Gasteiger partial charge in [0.2, 0.25) is 0 Å². The SMILES string of the molecule is CO[C@H]1C(C2(C)OC2CC=C(C)C)[C@]2(CC[C@H]1O)CO2. The van der Waals surface area contributed by atoms with E-state index in [0.29, 0.717) is 0 Å². The summed E-state index contributed by atoms with van der Waals surface area (Å²) in [7, 11) is 1.68. The van der Waals surface area contributed by atoms with Crippen molar-refractivity contribution >= 4 is 0 Å². The second-order valence-electron chi connectivity index (χ2n) is 6.94. The average molecular weight is 282 g/mol. The maximum absolute atomic E-state index is 10.2. The molecule has 3 unspecified atom stereocenters. The molecule has 2 heterocycles. The van der Waals surface area contributed by atoms with Crippen LogP contribution < -0.4 is 0 Å². The molecule has 1 N–H and O–H groups in total. The molecule has 3 fully saturated rings. The number of allylic oxidation sites excluding steroid dienone is 1.